The van der Waals surface area contributed by atoms with Gasteiger partial charge in [0.25, 0.3) is 0 Å². The van der Waals surface area contributed by atoms with E-state index in [1.807, 2.05) is 12.1 Å². The molecule has 1 heterocycles. The van der Waals surface area contributed by atoms with Crippen LogP contribution in [0.25, 0.3) is 10.1 Å². The Balaban J connectivity index is 2.80. The fourth-order valence-corrected chi connectivity index (χ4v) is 2.67. The largest absolute Gasteiger partial charge is 0.495 e. The first-order chi connectivity index (χ1) is 7.69. The molecule has 4 nitrogen and oxygen atoms in total. The Morgan fingerprint density at radius 3 is 2.62 bits per heavy atom. The zero-order valence-electron chi connectivity index (χ0n) is 8.81. The first-order valence-electron chi connectivity index (χ1n) is 4.55. The SMILES string of the molecule is COc1c(C(=O)O)sc2c(OC)cccc12. The molecule has 0 aliphatic rings. The molecule has 0 fully saturated rings. The first kappa shape index (κ1) is 10.8. The lowest BCUT2D eigenvalue weighted by Crippen LogP contribution is -1.95. The smallest absolute Gasteiger partial charge is 0.349 e. The molecule has 0 radical (unpaired) electrons. The maximum atomic E-state index is 11.0. The average molecular weight is 238 g/mol. The van der Waals surface area contributed by atoms with E-state index in [1.165, 1.54) is 7.11 Å². The number of carbonyl (C=O) groups is 1. The molecule has 0 saturated carbocycles. The Morgan fingerprint density at radius 1 is 1.31 bits per heavy atom. The molecule has 0 unspecified atom stereocenters. The Kier molecular flexibility index (Phi) is 2.70. The highest BCUT2D eigenvalue weighted by atomic mass is 32.1. The minimum atomic E-state index is -0.986. The molecule has 5 heteroatoms. The third-order valence-corrected chi connectivity index (χ3v) is 3.44. The third-order valence-electron chi connectivity index (χ3n) is 2.25. The van der Waals surface area contributed by atoms with Crippen LogP contribution in [0.15, 0.2) is 18.2 Å². The summed E-state index contributed by atoms with van der Waals surface area (Å²) in [7, 11) is 3.02. The summed E-state index contributed by atoms with van der Waals surface area (Å²) in [4.78, 5) is 11.2. The number of ether oxygens (including phenoxy) is 2. The van der Waals surface area contributed by atoms with Crippen LogP contribution in [0.5, 0.6) is 11.5 Å². The molecule has 0 aliphatic heterocycles. The highest BCUT2D eigenvalue weighted by molar-refractivity contribution is 7.21. The Hall–Kier alpha value is -1.75. The number of benzene rings is 1. The third kappa shape index (κ3) is 1.49. The maximum Gasteiger partial charge on any atom is 0.349 e. The minimum Gasteiger partial charge on any atom is -0.495 e. The molecule has 1 N–H and O–H groups in total. The highest BCUT2D eigenvalue weighted by Crippen LogP contribution is 2.41. The van der Waals surface area contributed by atoms with Crippen LogP contribution in [-0.4, -0.2) is 25.3 Å². The lowest BCUT2D eigenvalue weighted by atomic mass is 10.2. The second-order valence-electron chi connectivity index (χ2n) is 3.11. The fraction of sp³-hybridized carbons (Fsp3) is 0.182. The molecule has 2 rings (SSSR count). The van der Waals surface area contributed by atoms with Gasteiger partial charge in [-0.3, -0.25) is 0 Å². The summed E-state index contributed by atoms with van der Waals surface area (Å²) in [5.74, 6) is 0.0693. The molecule has 0 aliphatic carbocycles. The molecular formula is C11H10O4S. The number of thiophene rings is 1. The molecule has 16 heavy (non-hydrogen) atoms. The van der Waals surface area contributed by atoms with Gasteiger partial charge in [-0.25, -0.2) is 4.79 Å². The van der Waals surface area contributed by atoms with Crippen molar-refractivity contribution >= 4 is 27.4 Å². The monoisotopic (exact) mass is 238 g/mol. The van der Waals surface area contributed by atoms with Crippen LogP contribution < -0.4 is 9.47 Å². The van der Waals surface area contributed by atoms with Crippen LogP contribution >= 0.6 is 11.3 Å². The molecule has 1 aromatic carbocycles. The van der Waals surface area contributed by atoms with E-state index in [2.05, 4.69) is 0 Å². The van der Waals surface area contributed by atoms with Gasteiger partial charge in [0.2, 0.25) is 0 Å². The molecular weight excluding hydrogens is 228 g/mol. The standard InChI is InChI=1S/C11H10O4S/c1-14-7-5-3-4-6-8(15-2)10(11(12)13)16-9(6)7/h3-5H,1-2H3,(H,12,13). The van der Waals surface area contributed by atoms with Crippen molar-refractivity contribution in [3.05, 3.63) is 23.1 Å². The van der Waals surface area contributed by atoms with Crippen molar-refractivity contribution in [1.82, 2.24) is 0 Å². The second-order valence-corrected chi connectivity index (χ2v) is 4.13. The summed E-state index contributed by atoms with van der Waals surface area (Å²) in [6.45, 7) is 0. The van der Waals surface area contributed by atoms with Gasteiger partial charge in [-0.2, -0.15) is 0 Å². The Labute approximate surface area is 96.0 Å². The van der Waals surface area contributed by atoms with Crippen LogP contribution in [0.1, 0.15) is 9.67 Å². The van der Waals surface area contributed by atoms with E-state index in [-0.39, 0.29) is 4.88 Å². The molecule has 0 amide bonds. The van der Waals surface area contributed by atoms with Crippen LogP contribution in [0.4, 0.5) is 0 Å². The Morgan fingerprint density at radius 2 is 2.06 bits per heavy atom. The van der Waals surface area contributed by atoms with Gasteiger partial charge in [0.1, 0.15) is 5.75 Å². The molecule has 84 valence electrons. The summed E-state index contributed by atoms with van der Waals surface area (Å²) in [5.41, 5.74) is 0. The van der Waals surface area contributed by atoms with Gasteiger partial charge >= 0.3 is 5.97 Å². The fourth-order valence-electron chi connectivity index (χ4n) is 1.57. The number of carboxylic acid groups (broad SMARTS) is 1. The van der Waals surface area contributed by atoms with Crippen molar-refractivity contribution in [2.24, 2.45) is 0 Å². The topological polar surface area (TPSA) is 55.8 Å². The van der Waals surface area contributed by atoms with Gasteiger partial charge in [-0.05, 0) is 12.1 Å². The lowest BCUT2D eigenvalue weighted by Gasteiger charge is -2.01. The predicted molar refractivity (Wildman–Crippen MR) is 61.9 cm³/mol. The normalized spacial score (nSPS) is 10.4. The van der Waals surface area contributed by atoms with Crippen molar-refractivity contribution < 1.29 is 19.4 Å². The van der Waals surface area contributed by atoms with E-state index in [0.717, 1.165) is 21.4 Å². The molecule has 2 aromatic rings. The van der Waals surface area contributed by atoms with Crippen LogP contribution in [0.2, 0.25) is 0 Å². The van der Waals surface area contributed by atoms with E-state index in [9.17, 15) is 4.79 Å². The quantitative estimate of drug-likeness (QED) is 0.893. The van der Waals surface area contributed by atoms with Crippen LogP contribution in [0.3, 0.4) is 0 Å². The summed E-state index contributed by atoms with van der Waals surface area (Å²) in [6, 6.07) is 5.42. The minimum absolute atomic E-state index is 0.196. The van der Waals surface area contributed by atoms with E-state index < -0.39 is 5.97 Å². The van der Waals surface area contributed by atoms with Gasteiger partial charge in [0.05, 0.1) is 18.9 Å². The van der Waals surface area contributed by atoms with E-state index in [0.29, 0.717) is 11.5 Å². The zero-order chi connectivity index (χ0) is 11.7. The molecule has 0 atom stereocenters. The van der Waals surface area contributed by atoms with Gasteiger partial charge in [-0.1, -0.05) is 6.07 Å². The predicted octanol–water partition coefficient (Wildman–Crippen LogP) is 2.62. The summed E-state index contributed by atoms with van der Waals surface area (Å²) in [6.07, 6.45) is 0. The number of aromatic carboxylic acids is 1. The summed E-state index contributed by atoms with van der Waals surface area (Å²) in [5, 5.41) is 9.82. The van der Waals surface area contributed by atoms with Gasteiger partial charge in [0, 0.05) is 5.39 Å². The van der Waals surface area contributed by atoms with Crippen LogP contribution in [-0.2, 0) is 0 Å². The van der Waals surface area contributed by atoms with Crippen molar-refractivity contribution in [3.63, 3.8) is 0 Å². The number of hydrogen-bond donors (Lipinski definition) is 1. The Bertz CT molecular complexity index is 544. The first-order valence-corrected chi connectivity index (χ1v) is 5.37. The number of hydrogen-bond acceptors (Lipinski definition) is 4. The van der Waals surface area contributed by atoms with Crippen molar-refractivity contribution in [2.45, 2.75) is 0 Å². The molecule has 0 bridgehead atoms. The molecule has 0 saturated heterocycles. The second kappa shape index (κ2) is 4.02. The average Bonchev–Trinajstić information content (AvgIpc) is 2.67. The van der Waals surface area contributed by atoms with Crippen molar-refractivity contribution in [2.75, 3.05) is 14.2 Å². The number of rotatable bonds is 3. The molecule has 0 spiro atoms. The zero-order valence-corrected chi connectivity index (χ0v) is 9.63. The van der Waals surface area contributed by atoms with Gasteiger partial charge < -0.3 is 14.6 Å². The van der Waals surface area contributed by atoms with E-state index >= 15 is 0 Å². The number of fused-ring (bicyclic) bond motifs is 1. The summed E-state index contributed by atoms with van der Waals surface area (Å²) >= 11 is 1.16. The number of carboxylic acids is 1. The van der Waals surface area contributed by atoms with Crippen molar-refractivity contribution in [1.29, 1.82) is 0 Å². The van der Waals surface area contributed by atoms with E-state index in [4.69, 9.17) is 14.6 Å². The number of methoxy groups -OCH3 is 2. The van der Waals surface area contributed by atoms with E-state index in [1.54, 1.807) is 13.2 Å². The lowest BCUT2D eigenvalue weighted by molar-refractivity contribution is 0.0699. The highest BCUT2D eigenvalue weighted by Gasteiger charge is 2.20. The van der Waals surface area contributed by atoms with Crippen molar-refractivity contribution in [3.8, 4) is 11.5 Å². The van der Waals surface area contributed by atoms with Gasteiger partial charge in [-0.15, -0.1) is 11.3 Å². The van der Waals surface area contributed by atoms with Gasteiger partial charge in [0.15, 0.2) is 10.6 Å². The van der Waals surface area contributed by atoms with Crippen LogP contribution in [0, 0.1) is 0 Å². The maximum absolute atomic E-state index is 11.0. The molecule has 1 aromatic heterocycles. The summed E-state index contributed by atoms with van der Waals surface area (Å²) < 4.78 is 11.1.